The van der Waals surface area contributed by atoms with E-state index in [9.17, 15) is 4.79 Å². The molecule has 1 aromatic heterocycles. The van der Waals surface area contributed by atoms with E-state index in [4.69, 9.17) is 5.11 Å². The monoisotopic (exact) mass is 334 g/mol. The maximum Gasteiger partial charge on any atom is 0.337 e. The van der Waals surface area contributed by atoms with Gasteiger partial charge in [-0.15, -0.1) is 11.3 Å². The first kappa shape index (κ1) is 10.1. The number of hydrogen-bond acceptors (Lipinski definition) is 2. The van der Waals surface area contributed by atoms with Crippen LogP contribution in [0.15, 0.2) is 0 Å². The molecule has 0 saturated heterocycles. The molecule has 0 atom stereocenters. The fourth-order valence-electron chi connectivity index (χ4n) is 2.52. The molecule has 0 radical (unpaired) electrons. The number of halogens is 1. The number of carbonyl (C=O) groups is 1. The molecule has 2 aliphatic rings. The molecular formula is C11H11IO2S. The van der Waals surface area contributed by atoms with Gasteiger partial charge in [-0.25, -0.2) is 4.79 Å². The lowest BCUT2D eigenvalue weighted by molar-refractivity contribution is 0.0694. The van der Waals surface area contributed by atoms with Crippen LogP contribution in [0.1, 0.15) is 40.1 Å². The van der Waals surface area contributed by atoms with Crippen molar-refractivity contribution >= 4 is 39.9 Å². The molecule has 3 rings (SSSR count). The summed E-state index contributed by atoms with van der Waals surface area (Å²) in [7, 11) is 0. The van der Waals surface area contributed by atoms with Crippen LogP contribution in [0.2, 0.25) is 0 Å². The summed E-state index contributed by atoms with van der Waals surface area (Å²) in [5.74, 6) is -0.747. The van der Waals surface area contributed by atoms with Gasteiger partial charge in [-0.05, 0) is 65.7 Å². The van der Waals surface area contributed by atoms with Crippen molar-refractivity contribution in [1.82, 2.24) is 0 Å². The highest BCUT2D eigenvalue weighted by molar-refractivity contribution is 14.1. The average Bonchev–Trinajstić information content (AvgIpc) is 2.80. The van der Waals surface area contributed by atoms with Gasteiger partial charge in [0.2, 0.25) is 0 Å². The largest absolute Gasteiger partial charge is 0.478 e. The quantitative estimate of drug-likeness (QED) is 0.800. The number of hydrogen-bond donors (Lipinski definition) is 1. The van der Waals surface area contributed by atoms with Gasteiger partial charge >= 0.3 is 5.97 Å². The summed E-state index contributed by atoms with van der Waals surface area (Å²) in [5.41, 5.74) is 2.30. The Hall–Kier alpha value is -0.100. The fourth-order valence-corrected chi connectivity index (χ4v) is 5.11. The molecule has 2 aliphatic carbocycles. The van der Waals surface area contributed by atoms with Gasteiger partial charge in [-0.1, -0.05) is 0 Å². The number of carboxylic acid groups (broad SMARTS) is 1. The lowest BCUT2D eigenvalue weighted by Crippen LogP contribution is -2.15. The summed E-state index contributed by atoms with van der Waals surface area (Å²) in [6.07, 6.45) is 6.02. The number of thiophene rings is 1. The Balaban J connectivity index is 2.06. The van der Waals surface area contributed by atoms with Gasteiger partial charge < -0.3 is 5.11 Å². The minimum atomic E-state index is -0.747. The van der Waals surface area contributed by atoms with Crippen molar-refractivity contribution in [3.05, 3.63) is 18.9 Å². The molecule has 1 spiro atoms. The Morgan fingerprint density at radius 2 is 2.13 bits per heavy atom. The summed E-state index contributed by atoms with van der Waals surface area (Å²) in [6.45, 7) is 0. The number of rotatable bonds is 1. The van der Waals surface area contributed by atoms with Crippen LogP contribution < -0.4 is 0 Å². The Kier molecular flexibility index (Phi) is 2.15. The summed E-state index contributed by atoms with van der Waals surface area (Å²) in [5, 5.41) is 9.16. The molecule has 1 saturated carbocycles. The molecular weight excluding hydrogens is 323 g/mol. The summed E-state index contributed by atoms with van der Waals surface area (Å²) < 4.78 is 0.961. The third-order valence-corrected chi connectivity index (χ3v) is 5.88. The van der Waals surface area contributed by atoms with Gasteiger partial charge in [0.25, 0.3) is 0 Å². The molecule has 1 fully saturated rings. The van der Waals surface area contributed by atoms with Crippen LogP contribution in [0.4, 0.5) is 0 Å². The lowest BCUT2D eigenvalue weighted by Gasteiger charge is -2.21. The van der Waals surface area contributed by atoms with E-state index >= 15 is 0 Å². The minimum Gasteiger partial charge on any atom is -0.478 e. The number of fused-ring (bicyclic) bond motifs is 1. The van der Waals surface area contributed by atoms with Crippen molar-refractivity contribution in [1.29, 1.82) is 0 Å². The van der Waals surface area contributed by atoms with Crippen molar-refractivity contribution in [2.24, 2.45) is 5.41 Å². The van der Waals surface area contributed by atoms with Gasteiger partial charge in [0, 0.05) is 4.88 Å². The lowest BCUT2D eigenvalue weighted by atomic mass is 9.85. The zero-order valence-electron chi connectivity index (χ0n) is 8.18. The molecule has 1 aromatic rings. The zero-order valence-corrected chi connectivity index (χ0v) is 11.2. The standard InChI is InChI=1S/C11H11IO2S/c12-9-8(10(13)14)6-1-2-11(3-4-11)5-7(6)15-9/h1-5H2,(H,13,14). The van der Waals surface area contributed by atoms with Gasteiger partial charge in [-0.3, -0.25) is 0 Å². The van der Waals surface area contributed by atoms with E-state index in [-0.39, 0.29) is 0 Å². The van der Waals surface area contributed by atoms with Gasteiger partial charge in [0.1, 0.15) is 0 Å². The number of aromatic carboxylic acids is 1. The number of carboxylic acids is 1. The summed E-state index contributed by atoms with van der Waals surface area (Å²) in [4.78, 5) is 12.5. The van der Waals surface area contributed by atoms with Crippen LogP contribution in [0.3, 0.4) is 0 Å². The Morgan fingerprint density at radius 1 is 1.40 bits per heavy atom. The maximum atomic E-state index is 11.1. The Bertz CT molecular complexity index is 446. The molecule has 2 nitrogen and oxygen atoms in total. The zero-order chi connectivity index (χ0) is 10.6. The molecule has 4 heteroatoms. The molecule has 0 amide bonds. The van der Waals surface area contributed by atoms with E-state index in [1.807, 2.05) is 0 Å². The molecule has 0 aromatic carbocycles. The highest BCUT2D eigenvalue weighted by Crippen LogP contribution is 2.56. The predicted octanol–water partition coefficient (Wildman–Crippen LogP) is 3.32. The average molecular weight is 334 g/mol. The predicted molar refractivity (Wildman–Crippen MR) is 67.7 cm³/mol. The molecule has 15 heavy (non-hydrogen) atoms. The highest BCUT2D eigenvalue weighted by atomic mass is 127. The highest BCUT2D eigenvalue weighted by Gasteiger charge is 2.46. The first-order chi connectivity index (χ1) is 7.11. The van der Waals surface area contributed by atoms with Crippen molar-refractivity contribution in [3.63, 3.8) is 0 Å². The van der Waals surface area contributed by atoms with E-state index in [1.165, 1.54) is 24.1 Å². The van der Waals surface area contributed by atoms with Crippen LogP contribution in [0.5, 0.6) is 0 Å². The molecule has 0 bridgehead atoms. The second kappa shape index (κ2) is 3.20. The normalized spacial score (nSPS) is 21.4. The SMILES string of the molecule is O=C(O)c1c(I)sc2c1CCC1(CC1)C2. The summed E-state index contributed by atoms with van der Waals surface area (Å²) >= 11 is 3.86. The Morgan fingerprint density at radius 3 is 2.73 bits per heavy atom. The molecule has 1 heterocycles. The van der Waals surface area contributed by atoms with E-state index in [0.717, 1.165) is 21.3 Å². The maximum absolute atomic E-state index is 11.1. The van der Waals surface area contributed by atoms with E-state index in [1.54, 1.807) is 11.3 Å². The van der Waals surface area contributed by atoms with Crippen LogP contribution >= 0.6 is 33.9 Å². The first-order valence-electron chi connectivity index (χ1n) is 5.15. The van der Waals surface area contributed by atoms with Gasteiger partial charge in [0.15, 0.2) is 0 Å². The third-order valence-electron chi connectivity index (χ3n) is 3.66. The second-order valence-electron chi connectivity index (χ2n) is 4.63. The molecule has 0 aliphatic heterocycles. The third kappa shape index (κ3) is 1.53. The molecule has 80 valence electrons. The fraction of sp³-hybridized carbons (Fsp3) is 0.545. The van der Waals surface area contributed by atoms with E-state index in [2.05, 4.69) is 22.6 Å². The van der Waals surface area contributed by atoms with E-state index in [0.29, 0.717) is 11.0 Å². The topological polar surface area (TPSA) is 37.3 Å². The van der Waals surface area contributed by atoms with Crippen molar-refractivity contribution < 1.29 is 9.90 Å². The minimum absolute atomic E-state index is 0.580. The van der Waals surface area contributed by atoms with Crippen LogP contribution in [-0.4, -0.2) is 11.1 Å². The van der Waals surface area contributed by atoms with Crippen LogP contribution in [-0.2, 0) is 12.8 Å². The van der Waals surface area contributed by atoms with Crippen molar-refractivity contribution in [2.45, 2.75) is 32.1 Å². The van der Waals surface area contributed by atoms with Crippen molar-refractivity contribution in [3.8, 4) is 0 Å². The van der Waals surface area contributed by atoms with Crippen LogP contribution in [0, 0.1) is 8.30 Å². The Labute approximate surface area is 106 Å². The second-order valence-corrected chi connectivity index (χ2v) is 7.55. The smallest absolute Gasteiger partial charge is 0.337 e. The first-order valence-corrected chi connectivity index (χ1v) is 7.04. The van der Waals surface area contributed by atoms with Gasteiger partial charge in [-0.2, -0.15) is 0 Å². The summed E-state index contributed by atoms with van der Waals surface area (Å²) in [6, 6.07) is 0. The molecule has 1 N–H and O–H groups in total. The van der Waals surface area contributed by atoms with Crippen molar-refractivity contribution in [2.75, 3.05) is 0 Å². The molecule has 0 unspecified atom stereocenters. The van der Waals surface area contributed by atoms with Gasteiger partial charge in [0.05, 0.1) is 8.45 Å². The van der Waals surface area contributed by atoms with E-state index < -0.39 is 5.97 Å². The van der Waals surface area contributed by atoms with Crippen LogP contribution in [0.25, 0.3) is 0 Å².